The van der Waals surface area contributed by atoms with Gasteiger partial charge in [-0.15, -0.1) is 10.2 Å². The van der Waals surface area contributed by atoms with E-state index in [9.17, 15) is 9.18 Å². The van der Waals surface area contributed by atoms with E-state index in [1.54, 1.807) is 23.9 Å². The Kier molecular flexibility index (Phi) is 4.87. The molecule has 3 aromatic rings. The molecule has 0 saturated heterocycles. The summed E-state index contributed by atoms with van der Waals surface area (Å²) in [6.07, 6.45) is 0.576. The second-order valence-corrected chi connectivity index (χ2v) is 5.70. The van der Waals surface area contributed by atoms with E-state index >= 15 is 0 Å². The maximum Gasteiger partial charge on any atom is 0.265 e. The van der Waals surface area contributed by atoms with Crippen molar-refractivity contribution >= 4 is 5.91 Å². The lowest BCUT2D eigenvalue weighted by Crippen LogP contribution is -2.23. The van der Waals surface area contributed by atoms with Crippen LogP contribution in [0.4, 0.5) is 4.39 Å². The van der Waals surface area contributed by atoms with Crippen molar-refractivity contribution in [2.45, 2.75) is 26.3 Å². The minimum Gasteiger partial charge on any atom is -0.419 e. The van der Waals surface area contributed by atoms with Crippen molar-refractivity contribution in [2.24, 2.45) is 7.05 Å². The van der Waals surface area contributed by atoms with Crippen molar-refractivity contribution in [3.05, 3.63) is 53.3 Å². The first-order valence-corrected chi connectivity index (χ1v) is 7.86. The van der Waals surface area contributed by atoms with Crippen LogP contribution in [-0.2, 0) is 24.8 Å². The Balaban J connectivity index is 1.51. The van der Waals surface area contributed by atoms with Crippen LogP contribution >= 0.6 is 0 Å². The van der Waals surface area contributed by atoms with Gasteiger partial charge in [0, 0.05) is 26.4 Å². The van der Waals surface area contributed by atoms with Crippen molar-refractivity contribution in [1.29, 1.82) is 0 Å². The quantitative estimate of drug-likeness (QED) is 0.741. The zero-order valence-electron chi connectivity index (χ0n) is 14.0. The molecule has 0 unspecified atom stereocenters. The van der Waals surface area contributed by atoms with Gasteiger partial charge in [-0.2, -0.15) is 5.10 Å². The highest BCUT2D eigenvalue weighted by molar-refractivity contribution is 5.76. The average Bonchev–Trinajstić information content (AvgIpc) is 3.18. The zero-order chi connectivity index (χ0) is 17.8. The fourth-order valence-electron chi connectivity index (χ4n) is 2.38. The maximum atomic E-state index is 12.8. The van der Waals surface area contributed by atoms with E-state index in [1.807, 2.05) is 13.0 Å². The summed E-state index contributed by atoms with van der Waals surface area (Å²) in [5.74, 6) is 0.335. The molecule has 3 rings (SSSR count). The molecule has 130 valence electrons. The van der Waals surface area contributed by atoms with Crippen LogP contribution in [0.15, 0.2) is 34.7 Å². The molecule has 2 aromatic heterocycles. The lowest BCUT2D eigenvalue weighted by Gasteiger charge is -2.04. The van der Waals surface area contributed by atoms with Gasteiger partial charge in [-0.05, 0) is 30.7 Å². The molecule has 25 heavy (non-hydrogen) atoms. The van der Waals surface area contributed by atoms with Crippen LogP contribution in [0.2, 0.25) is 0 Å². The summed E-state index contributed by atoms with van der Waals surface area (Å²) in [5.41, 5.74) is 2.43. The van der Waals surface area contributed by atoms with E-state index in [1.165, 1.54) is 12.1 Å². The number of nitrogens with one attached hydrogen (secondary N) is 1. The van der Waals surface area contributed by atoms with Gasteiger partial charge < -0.3 is 9.73 Å². The number of nitrogens with zero attached hydrogens (tertiary/aromatic N) is 4. The predicted octanol–water partition coefficient (Wildman–Crippen LogP) is 2.17. The number of amides is 1. The van der Waals surface area contributed by atoms with Gasteiger partial charge in [0.05, 0.1) is 5.69 Å². The van der Waals surface area contributed by atoms with E-state index in [2.05, 4.69) is 20.6 Å². The second kappa shape index (κ2) is 7.25. The van der Waals surface area contributed by atoms with Crippen LogP contribution in [0.5, 0.6) is 0 Å². The Morgan fingerprint density at radius 3 is 2.72 bits per heavy atom. The van der Waals surface area contributed by atoms with Crippen LogP contribution in [0.1, 0.15) is 23.6 Å². The molecule has 0 bridgehead atoms. The first-order chi connectivity index (χ1) is 12.0. The average molecular weight is 343 g/mol. The number of halogens is 1. The van der Waals surface area contributed by atoms with Crippen molar-refractivity contribution in [1.82, 2.24) is 25.3 Å². The monoisotopic (exact) mass is 343 g/mol. The molecule has 0 spiro atoms. The first-order valence-electron chi connectivity index (χ1n) is 7.86. The molecule has 0 atom stereocenters. The molecule has 0 aliphatic heterocycles. The lowest BCUT2D eigenvalue weighted by molar-refractivity contribution is -0.121. The standard InChI is InChI=1S/C17H18FN5O2/c1-11-9-14(23(2)22-11)17-21-20-16(25-17)8-7-15(24)19-10-12-3-5-13(18)6-4-12/h3-6,9H,7-8,10H2,1-2H3,(H,19,24). The molecule has 8 heteroatoms. The highest BCUT2D eigenvalue weighted by Crippen LogP contribution is 2.18. The van der Waals surface area contributed by atoms with E-state index in [-0.39, 0.29) is 18.1 Å². The summed E-state index contributed by atoms with van der Waals surface area (Å²) in [5, 5.41) is 15.0. The molecular formula is C17H18FN5O2. The number of hydrogen-bond donors (Lipinski definition) is 1. The highest BCUT2D eigenvalue weighted by Gasteiger charge is 2.14. The maximum absolute atomic E-state index is 12.8. The third kappa shape index (κ3) is 4.28. The van der Waals surface area contributed by atoms with Gasteiger partial charge in [-0.25, -0.2) is 4.39 Å². The fourth-order valence-corrected chi connectivity index (χ4v) is 2.38. The number of benzene rings is 1. The van der Waals surface area contributed by atoms with E-state index in [0.717, 1.165) is 17.0 Å². The summed E-state index contributed by atoms with van der Waals surface area (Å²) < 4.78 is 20.1. The van der Waals surface area contributed by atoms with Crippen LogP contribution in [-0.4, -0.2) is 25.9 Å². The summed E-state index contributed by atoms with van der Waals surface area (Å²) in [6.45, 7) is 2.23. The topological polar surface area (TPSA) is 85.8 Å². The van der Waals surface area contributed by atoms with E-state index in [4.69, 9.17) is 4.42 Å². The van der Waals surface area contributed by atoms with Crippen LogP contribution < -0.4 is 5.32 Å². The summed E-state index contributed by atoms with van der Waals surface area (Å²) in [6, 6.07) is 7.85. The normalized spacial score (nSPS) is 10.8. The molecule has 1 amide bonds. The first kappa shape index (κ1) is 16.8. The third-order valence-electron chi connectivity index (χ3n) is 3.66. The Labute approximate surface area is 143 Å². The Bertz CT molecular complexity index is 870. The minimum atomic E-state index is -0.300. The van der Waals surface area contributed by atoms with Crippen molar-refractivity contribution < 1.29 is 13.6 Å². The zero-order valence-corrected chi connectivity index (χ0v) is 14.0. The van der Waals surface area contributed by atoms with Gasteiger partial charge in [0.2, 0.25) is 11.8 Å². The number of carbonyl (C=O) groups is 1. The molecule has 1 N–H and O–H groups in total. The number of carbonyl (C=O) groups excluding carboxylic acids is 1. The van der Waals surface area contributed by atoms with E-state index in [0.29, 0.717) is 24.7 Å². The third-order valence-corrected chi connectivity index (χ3v) is 3.66. The van der Waals surface area contributed by atoms with Gasteiger partial charge in [0.15, 0.2) is 0 Å². The summed E-state index contributed by atoms with van der Waals surface area (Å²) in [7, 11) is 1.80. The Hall–Kier alpha value is -3.03. The SMILES string of the molecule is Cc1cc(-c2nnc(CCC(=O)NCc3ccc(F)cc3)o2)n(C)n1. The molecule has 0 radical (unpaired) electrons. The fraction of sp³-hybridized carbons (Fsp3) is 0.294. The lowest BCUT2D eigenvalue weighted by atomic mass is 10.2. The molecule has 0 aliphatic carbocycles. The number of aryl methyl sites for hydroxylation is 3. The van der Waals surface area contributed by atoms with Gasteiger partial charge in [0.1, 0.15) is 11.5 Å². The molecule has 0 saturated carbocycles. The van der Waals surface area contributed by atoms with Crippen LogP contribution in [0, 0.1) is 12.7 Å². The predicted molar refractivity (Wildman–Crippen MR) is 87.8 cm³/mol. The highest BCUT2D eigenvalue weighted by atomic mass is 19.1. The summed E-state index contributed by atoms with van der Waals surface area (Å²) >= 11 is 0. The number of rotatable bonds is 6. The number of hydrogen-bond acceptors (Lipinski definition) is 5. The van der Waals surface area contributed by atoms with Gasteiger partial charge in [-0.3, -0.25) is 9.48 Å². The van der Waals surface area contributed by atoms with E-state index < -0.39 is 0 Å². The smallest absolute Gasteiger partial charge is 0.265 e. The number of aromatic nitrogens is 4. The molecule has 0 fully saturated rings. The van der Waals surface area contributed by atoms with Gasteiger partial charge in [0.25, 0.3) is 5.89 Å². The Morgan fingerprint density at radius 2 is 2.04 bits per heavy atom. The van der Waals surface area contributed by atoms with Gasteiger partial charge >= 0.3 is 0 Å². The molecule has 2 heterocycles. The minimum absolute atomic E-state index is 0.138. The van der Waals surface area contributed by atoms with Crippen molar-refractivity contribution in [2.75, 3.05) is 0 Å². The van der Waals surface area contributed by atoms with Gasteiger partial charge in [-0.1, -0.05) is 12.1 Å². The second-order valence-electron chi connectivity index (χ2n) is 5.70. The van der Waals surface area contributed by atoms with Crippen molar-refractivity contribution in [3.63, 3.8) is 0 Å². The largest absolute Gasteiger partial charge is 0.419 e. The molecule has 1 aromatic carbocycles. The van der Waals surface area contributed by atoms with Crippen molar-refractivity contribution in [3.8, 4) is 11.6 Å². The Morgan fingerprint density at radius 1 is 1.28 bits per heavy atom. The van der Waals surface area contributed by atoms with Crippen LogP contribution in [0.3, 0.4) is 0 Å². The molecule has 0 aliphatic rings. The molecule has 7 nitrogen and oxygen atoms in total. The molecular weight excluding hydrogens is 325 g/mol. The van der Waals surface area contributed by atoms with Crippen LogP contribution in [0.25, 0.3) is 11.6 Å². The summed E-state index contributed by atoms with van der Waals surface area (Å²) in [4.78, 5) is 11.9.